The maximum absolute atomic E-state index is 13.8. The van der Waals surface area contributed by atoms with E-state index >= 15 is 0 Å². The van der Waals surface area contributed by atoms with Crippen molar-refractivity contribution in [3.63, 3.8) is 0 Å². The molecule has 3 rings (SSSR count). The molecule has 0 atom stereocenters. The summed E-state index contributed by atoms with van der Waals surface area (Å²) >= 11 is 20.7. The minimum Gasteiger partial charge on any atom is -0.893 e. The summed E-state index contributed by atoms with van der Waals surface area (Å²) in [5.41, 5.74) is 5.39. The van der Waals surface area contributed by atoms with Gasteiger partial charge in [0.05, 0.1) is 0 Å². The molecule has 0 aliphatic carbocycles. The van der Waals surface area contributed by atoms with Gasteiger partial charge in [0.2, 0.25) is 0 Å². The summed E-state index contributed by atoms with van der Waals surface area (Å²) in [4.78, 5) is 0. The van der Waals surface area contributed by atoms with Crippen LogP contribution in [0.3, 0.4) is 0 Å². The second-order valence-corrected chi connectivity index (χ2v) is 16.1. The van der Waals surface area contributed by atoms with E-state index in [2.05, 4.69) is 82.3 Å². The Labute approximate surface area is 326 Å². The van der Waals surface area contributed by atoms with Gasteiger partial charge in [0.15, 0.2) is 0 Å². The molecule has 0 amide bonds. The average Bonchev–Trinajstić information content (AvgIpc) is 3.08. The first-order chi connectivity index (χ1) is 23.4. The van der Waals surface area contributed by atoms with Gasteiger partial charge in [0.25, 0.3) is 0 Å². The van der Waals surface area contributed by atoms with E-state index in [1.807, 2.05) is 20.8 Å². The Bertz CT molecular complexity index is 1340. The monoisotopic (exact) mass is 760 g/mol. The van der Waals surface area contributed by atoms with Crippen molar-refractivity contribution in [3.8, 4) is 0 Å². The van der Waals surface area contributed by atoms with Gasteiger partial charge in [0.1, 0.15) is 0 Å². The molecule has 51 heavy (non-hydrogen) atoms. The Morgan fingerprint density at radius 2 is 0.804 bits per heavy atom. The lowest BCUT2D eigenvalue weighted by atomic mass is 9.39. The molecular weight excluding hydrogens is 694 g/mol. The van der Waals surface area contributed by atoms with Crippen molar-refractivity contribution in [2.75, 3.05) is 0 Å². The van der Waals surface area contributed by atoms with Crippen molar-refractivity contribution in [1.82, 2.24) is 12.3 Å². The van der Waals surface area contributed by atoms with Crippen LogP contribution in [0.1, 0.15) is 157 Å². The number of hydrogen-bond acceptors (Lipinski definition) is 2. The highest BCUT2D eigenvalue weighted by atomic mass is 35.5. The number of hydrogen-bond donors (Lipinski definition) is 2. The minimum absolute atomic E-state index is 0. The SMILES string of the molecule is CCCCC(CCCC)(CCCC(c1ccc(C)c(Cl)c1)(c1ccc(C)c(Cl)c1)c1ccc(C)c(Cl)c1)C(CCCC)(CCCC)B([O-])[O-].[NH4+].[NH4+]. The van der Waals surface area contributed by atoms with Crippen molar-refractivity contribution in [3.05, 3.63) is 103 Å². The van der Waals surface area contributed by atoms with Crippen molar-refractivity contribution in [1.29, 1.82) is 0 Å². The first kappa shape index (κ1) is 47.5. The normalized spacial score (nSPS) is 12.0. The van der Waals surface area contributed by atoms with Crippen LogP contribution in [0, 0.1) is 26.2 Å². The smallest absolute Gasteiger partial charge is 0.0452 e. The maximum Gasteiger partial charge on any atom is 0.0452 e. The van der Waals surface area contributed by atoms with Crippen LogP contribution in [0.2, 0.25) is 20.4 Å². The fraction of sp³-hybridized carbons (Fsp3) is 0.581. The van der Waals surface area contributed by atoms with Crippen LogP contribution in [-0.2, 0) is 5.41 Å². The van der Waals surface area contributed by atoms with Crippen LogP contribution < -0.4 is 22.3 Å². The number of quaternary nitrogens is 2. The maximum atomic E-state index is 13.8. The lowest BCUT2D eigenvalue weighted by molar-refractivity contribution is -0.363. The predicted octanol–water partition coefficient (Wildman–Crippen LogP) is 13.5. The highest BCUT2D eigenvalue weighted by molar-refractivity contribution is 6.42. The van der Waals surface area contributed by atoms with Gasteiger partial charge in [-0.25, -0.2) is 0 Å². The highest BCUT2D eigenvalue weighted by Crippen LogP contribution is 2.62. The zero-order valence-electron chi connectivity index (χ0n) is 33.3. The lowest BCUT2D eigenvalue weighted by Gasteiger charge is -2.63. The van der Waals surface area contributed by atoms with Gasteiger partial charge >= 0.3 is 0 Å². The van der Waals surface area contributed by atoms with E-state index in [0.29, 0.717) is 12.8 Å². The van der Waals surface area contributed by atoms with E-state index in [0.717, 1.165) is 132 Å². The molecule has 4 nitrogen and oxygen atoms in total. The van der Waals surface area contributed by atoms with Gasteiger partial charge in [0, 0.05) is 20.5 Å². The molecule has 0 fully saturated rings. The average molecular weight is 762 g/mol. The Balaban J connectivity index is 0.00000650. The molecule has 0 aromatic heterocycles. The van der Waals surface area contributed by atoms with Gasteiger partial charge in [-0.3, -0.25) is 0 Å². The van der Waals surface area contributed by atoms with Crippen LogP contribution in [-0.4, -0.2) is 7.12 Å². The molecule has 0 spiro atoms. The largest absolute Gasteiger partial charge is 0.893 e. The number of rotatable bonds is 21. The van der Waals surface area contributed by atoms with Gasteiger partial charge in [-0.15, -0.1) is 7.12 Å². The standard InChI is InChI=1S/C43H60BCl3O2.2H3N/c1-8-12-23-41(24-13-9-2,42(44(48)49,26-14-10-3)27-15-11-4)25-16-28-43(35-20-17-32(5)38(45)29-35,36-21-18-33(6)39(46)30-36)37-22-19-34(7)40(47)31-37;;/h17-22,29-31H,8-16,23-28H2,1-7H3;2*1H3/q-2;;/p+2. The molecule has 3 aromatic rings. The van der Waals surface area contributed by atoms with E-state index in [-0.39, 0.29) is 17.7 Å². The van der Waals surface area contributed by atoms with E-state index in [4.69, 9.17) is 34.8 Å². The zero-order chi connectivity index (χ0) is 36.2. The second kappa shape index (κ2) is 22.0. The third-order valence-electron chi connectivity index (χ3n) is 11.7. The minimum atomic E-state index is -1.85. The topological polar surface area (TPSA) is 119 Å². The summed E-state index contributed by atoms with van der Waals surface area (Å²) in [6, 6.07) is 19.2. The molecule has 286 valence electrons. The van der Waals surface area contributed by atoms with Crippen molar-refractivity contribution in [2.24, 2.45) is 5.41 Å². The van der Waals surface area contributed by atoms with Crippen LogP contribution in [0.4, 0.5) is 0 Å². The first-order valence-electron chi connectivity index (χ1n) is 19.0. The third-order valence-corrected chi connectivity index (χ3v) is 12.9. The first-order valence-corrected chi connectivity index (χ1v) is 20.1. The van der Waals surface area contributed by atoms with E-state index in [1.165, 1.54) is 0 Å². The molecule has 8 heteroatoms. The lowest BCUT2D eigenvalue weighted by Crippen LogP contribution is -2.61. The van der Waals surface area contributed by atoms with Gasteiger partial charge in [-0.2, -0.15) is 0 Å². The van der Waals surface area contributed by atoms with Crippen molar-refractivity contribution < 1.29 is 10.0 Å². The molecule has 0 bridgehead atoms. The van der Waals surface area contributed by atoms with Gasteiger partial charge in [-0.1, -0.05) is 175 Å². The molecule has 0 unspecified atom stereocenters. The zero-order valence-corrected chi connectivity index (χ0v) is 35.6. The number of halogens is 3. The van der Waals surface area contributed by atoms with E-state index < -0.39 is 17.8 Å². The second-order valence-electron chi connectivity index (χ2n) is 14.8. The van der Waals surface area contributed by atoms with Gasteiger partial charge in [-0.05, 0) is 103 Å². The highest BCUT2D eigenvalue weighted by Gasteiger charge is 2.47. The molecule has 8 N–H and O–H groups in total. The summed E-state index contributed by atoms with van der Waals surface area (Å²) in [6.07, 6.45) is 13.6. The number of unbranched alkanes of at least 4 members (excludes halogenated alkanes) is 4. The third kappa shape index (κ3) is 10.8. The van der Waals surface area contributed by atoms with Crippen LogP contribution in [0.25, 0.3) is 0 Å². The molecule has 0 heterocycles. The molecule has 3 aromatic carbocycles. The molecule has 0 saturated carbocycles. The number of aryl methyl sites for hydroxylation is 3. The van der Waals surface area contributed by atoms with E-state index in [1.54, 1.807) is 0 Å². The fourth-order valence-electron chi connectivity index (χ4n) is 8.48. The number of benzene rings is 3. The summed E-state index contributed by atoms with van der Waals surface area (Å²) < 4.78 is 0. The Morgan fingerprint density at radius 3 is 1.10 bits per heavy atom. The molecule has 0 radical (unpaired) electrons. The Morgan fingerprint density at radius 1 is 0.490 bits per heavy atom. The molecular formula is C43H68BCl3N2O2. The fourth-order valence-corrected chi connectivity index (χ4v) is 9.02. The Kier molecular flexibility index (Phi) is 20.4. The molecule has 0 aliphatic heterocycles. The summed E-state index contributed by atoms with van der Waals surface area (Å²) in [5.74, 6) is 0. The van der Waals surface area contributed by atoms with Crippen molar-refractivity contribution in [2.45, 2.75) is 156 Å². The van der Waals surface area contributed by atoms with E-state index in [9.17, 15) is 10.0 Å². The van der Waals surface area contributed by atoms with Crippen LogP contribution in [0.5, 0.6) is 0 Å². The van der Waals surface area contributed by atoms with Crippen molar-refractivity contribution >= 4 is 41.9 Å². The predicted molar refractivity (Wildman–Crippen MR) is 223 cm³/mol. The Hall–Kier alpha value is -1.57. The summed E-state index contributed by atoms with van der Waals surface area (Å²) in [7, 11) is -1.85. The van der Waals surface area contributed by atoms with Crippen LogP contribution in [0.15, 0.2) is 54.6 Å². The quantitative estimate of drug-likeness (QED) is 0.0830. The summed E-state index contributed by atoms with van der Waals surface area (Å²) in [5, 5.41) is 28.9. The van der Waals surface area contributed by atoms with Gasteiger partial charge < -0.3 is 22.3 Å². The molecule has 0 saturated heterocycles. The molecule has 0 aliphatic rings. The summed E-state index contributed by atoms with van der Waals surface area (Å²) in [6.45, 7) is 14.9. The van der Waals surface area contributed by atoms with Crippen LogP contribution >= 0.6 is 34.8 Å².